The van der Waals surface area contributed by atoms with Crippen molar-refractivity contribution in [1.82, 2.24) is 19.6 Å². The van der Waals surface area contributed by atoms with E-state index in [-0.39, 0.29) is 0 Å². The van der Waals surface area contributed by atoms with Gasteiger partial charge in [0.1, 0.15) is 33.5 Å². The average molecular weight is 410 g/mol. The van der Waals surface area contributed by atoms with E-state index in [9.17, 15) is 9.59 Å². The summed E-state index contributed by atoms with van der Waals surface area (Å²) in [5.74, 6) is 2.24. The first-order valence-electron chi connectivity index (χ1n) is 6.90. The lowest BCUT2D eigenvalue weighted by molar-refractivity contribution is 0.0903. The molecule has 13 heteroatoms. The Kier molecular flexibility index (Phi) is 7.13. The number of carbonyl (C=O) groups is 2. The van der Waals surface area contributed by atoms with Crippen molar-refractivity contribution in [2.45, 2.75) is 13.8 Å². The molecule has 2 amide bonds. The number of hydrogen-bond acceptors (Lipinski definition) is 11. The highest BCUT2D eigenvalue weighted by Gasteiger charge is 2.22. The van der Waals surface area contributed by atoms with E-state index in [1.54, 1.807) is 13.8 Å². The number of carbonyl (C=O) groups excluding carboxylic acids is 2. The average Bonchev–Trinajstić information content (AvgIpc) is 3.18. The third-order valence-electron chi connectivity index (χ3n) is 2.82. The van der Waals surface area contributed by atoms with E-state index < -0.39 is 12.2 Å². The Balaban J connectivity index is 1.71. The fourth-order valence-corrected chi connectivity index (χ4v) is 3.46. The molecule has 0 aromatic carbocycles. The van der Waals surface area contributed by atoms with Gasteiger partial charge in [-0.2, -0.15) is 0 Å². The van der Waals surface area contributed by atoms with Crippen molar-refractivity contribution in [3.63, 3.8) is 0 Å². The molecule has 2 aliphatic rings. The summed E-state index contributed by atoms with van der Waals surface area (Å²) in [7, 11) is 2.91. The standard InChI is InChI=1S/C12H18N4O6S3/c1-7-9(23-5-19-7)13-21-11(17)15(3)25-16(4)12(18)22-14-10-8(2)20-6-24-10/h13-14H,5-6H2,1-4H3. The zero-order chi connectivity index (χ0) is 18.4. The maximum Gasteiger partial charge on any atom is 0.445 e. The van der Waals surface area contributed by atoms with Crippen LogP contribution in [0.3, 0.4) is 0 Å². The van der Waals surface area contributed by atoms with Crippen LogP contribution in [-0.4, -0.2) is 46.8 Å². The summed E-state index contributed by atoms with van der Waals surface area (Å²) in [5.41, 5.74) is 5.05. The summed E-state index contributed by atoms with van der Waals surface area (Å²) in [4.78, 5) is 33.7. The van der Waals surface area contributed by atoms with Gasteiger partial charge in [-0.15, -0.1) is 0 Å². The SMILES string of the molecule is CC1=C(NOC(=O)N(C)SN(C)C(=O)ONC2=C(C)OCS2)SCO1. The number of ether oxygens (including phenoxy) is 2. The minimum Gasteiger partial charge on any atom is -0.484 e. The third kappa shape index (κ3) is 5.64. The molecule has 0 bridgehead atoms. The molecule has 0 fully saturated rings. The fourth-order valence-electron chi connectivity index (χ4n) is 1.45. The van der Waals surface area contributed by atoms with Crippen molar-refractivity contribution in [1.29, 1.82) is 0 Å². The van der Waals surface area contributed by atoms with Gasteiger partial charge in [-0.25, -0.2) is 29.2 Å². The highest BCUT2D eigenvalue weighted by Crippen LogP contribution is 2.27. The number of nitrogens with zero attached hydrogens (tertiary/aromatic N) is 2. The smallest absolute Gasteiger partial charge is 0.445 e. The molecule has 2 rings (SSSR count). The third-order valence-corrected chi connectivity index (χ3v) is 5.40. The van der Waals surface area contributed by atoms with Crippen LogP contribution < -0.4 is 11.0 Å². The molecule has 2 N–H and O–H groups in total. The molecule has 0 aromatic heterocycles. The van der Waals surface area contributed by atoms with Gasteiger partial charge in [0.05, 0.1) is 12.1 Å². The fraction of sp³-hybridized carbons (Fsp3) is 0.500. The summed E-state index contributed by atoms with van der Waals surface area (Å²) in [5, 5.41) is 1.26. The molecule has 2 heterocycles. The van der Waals surface area contributed by atoms with Gasteiger partial charge in [0.15, 0.2) is 0 Å². The van der Waals surface area contributed by atoms with Gasteiger partial charge in [-0.05, 0) is 13.8 Å². The van der Waals surface area contributed by atoms with Crippen molar-refractivity contribution in [3.05, 3.63) is 21.6 Å². The van der Waals surface area contributed by atoms with Gasteiger partial charge in [0, 0.05) is 14.1 Å². The highest BCUT2D eigenvalue weighted by atomic mass is 32.2. The number of hydrogen-bond donors (Lipinski definition) is 2. The summed E-state index contributed by atoms with van der Waals surface area (Å²) >= 11 is 3.56. The summed E-state index contributed by atoms with van der Waals surface area (Å²) in [6.45, 7) is 3.52. The van der Waals surface area contributed by atoms with E-state index in [4.69, 9.17) is 19.1 Å². The molecule has 140 valence electrons. The van der Waals surface area contributed by atoms with Crippen LogP contribution in [0.1, 0.15) is 13.8 Å². The number of nitrogens with one attached hydrogen (secondary N) is 2. The highest BCUT2D eigenvalue weighted by molar-refractivity contribution is 8.03. The van der Waals surface area contributed by atoms with Gasteiger partial charge in [0.25, 0.3) is 0 Å². The lowest BCUT2D eigenvalue weighted by Crippen LogP contribution is -2.34. The molecule has 0 spiro atoms. The van der Waals surface area contributed by atoms with Gasteiger partial charge >= 0.3 is 12.2 Å². The minimum atomic E-state index is -0.691. The van der Waals surface area contributed by atoms with E-state index in [0.717, 1.165) is 20.7 Å². The van der Waals surface area contributed by atoms with E-state index in [2.05, 4.69) is 11.0 Å². The first-order valence-corrected chi connectivity index (χ1v) is 9.60. The number of hydroxylamine groups is 2. The van der Waals surface area contributed by atoms with Crippen LogP contribution >= 0.6 is 35.7 Å². The summed E-state index contributed by atoms with van der Waals surface area (Å²) in [6.07, 6.45) is -1.38. The lowest BCUT2D eigenvalue weighted by atomic mass is 10.6. The maximum atomic E-state index is 11.9. The first-order chi connectivity index (χ1) is 11.9. The Morgan fingerprint density at radius 3 is 1.68 bits per heavy atom. The molecule has 10 nitrogen and oxygen atoms in total. The number of amides is 2. The Labute approximate surface area is 157 Å². The molecule has 0 saturated carbocycles. The van der Waals surface area contributed by atoms with Gasteiger partial charge in [0.2, 0.25) is 0 Å². The molecule has 0 aliphatic carbocycles. The van der Waals surface area contributed by atoms with E-state index in [1.165, 1.54) is 37.6 Å². The Morgan fingerprint density at radius 1 is 0.960 bits per heavy atom. The van der Waals surface area contributed by atoms with Gasteiger partial charge < -0.3 is 19.1 Å². The van der Waals surface area contributed by atoms with Crippen molar-refractivity contribution in [2.75, 3.05) is 26.0 Å². The molecule has 2 aliphatic heterocycles. The number of thioether (sulfide) groups is 2. The molecule has 0 saturated heterocycles. The summed E-state index contributed by atoms with van der Waals surface area (Å²) < 4.78 is 12.7. The molecule has 0 radical (unpaired) electrons. The molecular weight excluding hydrogens is 392 g/mol. The van der Waals surface area contributed by atoms with Crippen molar-refractivity contribution in [3.8, 4) is 0 Å². The monoisotopic (exact) mass is 410 g/mol. The topological polar surface area (TPSA) is 102 Å². The Bertz CT molecular complexity index is 549. The van der Waals surface area contributed by atoms with Crippen molar-refractivity contribution >= 4 is 47.8 Å². The Hall–Kier alpha value is -1.73. The molecule has 0 atom stereocenters. The predicted octanol–water partition coefficient (Wildman–Crippen LogP) is 2.52. The van der Waals surface area contributed by atoms with Crippen LogP contribution in [0.25, 0.3) is 0 Å². The quantitative estimate of drug-likeness (QED) is 0.499. The maximum absolute atomic E-state index is 11.9. The van der Waals surface area contributed by atoms with E-state index >= 15 is 0 Å². The lowest BCUT2D eigenvalue weighted by Gasteiger charge is -2.21. The predicted molar refractivity (Wildman–Crippen MR) is 94.8 cm³/mol. The van der Waals surface area contributed by atoms with Crippen LogP contribution in [-0.2, 0) is 19.1 Å². The second kappa shape index (κ2) is 9.10. The van der Waals surface area contributed by atoms with Crippen molar-refractivity contribution in [2.24, 2.45) is 0 Å². The molecule has 25 heavy (non-hydrogen) atoms. The normalized spacial score (nSPS) is 16.2. The molecule has 0 unspecified atom stereocenters. The van der Waals surface area contributed by atoms with Crippen molar-refractivity contribution < 1.29 is 28.7 Å². The summed E-state index contributed by atoms with van der Waals surface area (Å²) in [6, 6.07) is 0. The number of allylic oxidation sites excluding steroid dienone is 2. The van der Waals surface area contributed by atoms with Crippen LogP contribution in [0.5, 0.6) is 0 Å². The zero-order valence-electron chi connectivity index (χ0n) is 14.0. The molecular formula is C12H18N4O6S3. The minimum absolute atomic E-state index is 0.469. The first kappa shape index (κ1) is 19.6. The van der Waals surface area contributed by atoms with Gasteiger partial charge in [-0.1, -0.05) is 23.5 Å². The van der Waals surface area contributed by atoms with Crippen LogP contribution in [0, 0.1) is 0 Å². The van der Waals surface area contributed by atoms with Crippen LogP contribution in [0.2, 0.25) is 0 Å². The molecule has 0 aromatic rings. The van der Waals surface area contributed by atoms with E-state index in [1.807, 2.05) is 0 Å². The second-order valence-corrected chi connectivity index (χ2v) is 7.72. The Morgan fingerprint density at radius 2 is 1.36 bits per heavy atom. The van der Waals surface area contributed by atoms with E-state index in [0.29, 0.717) is 33.5 Å². The van der Waals surface area contributed by atoms with Gasteiger partial charge in [-0.3, -0.25) is 0 Å². The zero-order valence-corrected chi connectivity index (χ0v) is 16.4. The van der Waals surface area contributed by atoms with Crippen LogP contribution in [0.15, 0.2) is 21.6 Å². The number of rotatable bonds is 6. The second-order valence-electron chi connectivity index (χ2n) is 4.60. The largest absolute Gasteiger partial charge is 0.484 e. The van der Waals surface area contributed by atoms with Crippen LogP contribution in [0.4, 0.5) is 9.59 Å².